The van der Waals surface area contributed by atoms with Gasteiger partial charge in [-0.05, 0) is 18.9 Å². The number of carboxylic acid groups (broad SMARTS) is 1. The molecular weight excluding hydrogens is 289 g/mol. The normalized spacial score (nSPS) is 18.2. The third-order valence-corrected chi connectivity index (χ3v) is 3.70. The second kappa shape index (κ2) is 7.89. The Bertz CT molecular complexity index is 535. The Hall–Kier alpha value is -1.95. The topological polar surface area (TPSA) is 66.8 Å². The van der Waals surface area contributed by atoms with Crippen molar-refractivity contribution in [2.75, 3.05) is 19.7 Å². The number of carbonyl (C=O) groups is 2. The molecule has 1 aliphatic heterocycles. The summed E-state index contributed by atoms with van der Waals surface area (Å²) in [6.07, 6.45) is 0.985. The van der Waals surface area contributed by atoms with E-state index in [9.17, 15) is 14.0 Å². The highest BCUT2D eigenvalue weighted by Crippen LogP contribution is 2.25. The lowest BCUT2D eigenvalue weighted by atomic mass is 10.1. The molecule has 22 heavy (non-hydrogen) atoms. The lowest BCUT2D eigenvalue weighted by molar-refractivity contribution is -0.140. The molecule has 5 nitrogen and oxygen atoms in total. The molecule has 1 aromatic rings. The van der Waals surface area contributed by atoms with Crippen LogP contribution in [0.15, 0.2) is 24.3 Å². The van der Waals surface area contributed by atoms with Crippen LogP contribution in [-0.4, -0.2) is 41.6 Å². The molecule has 0 saturated carbocycles. The molecule has 1 atom stereocenters. The molecule has 0 radical (unpaired) electrons. The number of amides is 1. The largest absolute Gasteiger partial charge is 0.481 e. The Morgan fingerprint density at radius 2 is 2.00 bits per heavy atom. The first-order valence-electron chi connectivity index (χ1n) is 7.43. The molecule has 1 heterocycles. The Morgan fingerprint density at radius 1 is 1.27 bits per heavy atom. The standard InChI is InChI=1S/C16H20FNO4/c17-13-6-2-1-5-12(13)14-11-18(9-10-22-14)15(19)7-3-4-8-16(20)21/h1-2,5-6,14H,3-4,7-11H2,(H,20,21). The van der Waals surface area contributed by atoms with Crippen molar-refractivity contribution in [3.63, 3.8) is 0 Å². The molecule has 0 spiro atoms. The van der Waals surface area contributed by atoms with Crippen molar-refractivity contribution < 1.29 is 23.8 Å². The van der Waals surface area contributed by atoms with Gasteiger partial charge in [0, 0.05) is 24.9 Å². The van der Waals surface area contributed by atoms with E-state index in [4.69, 9.17) is 9.84 Å². The Balaban J connectivity index is 1.86. The van der Waals surface area contributed by atoms with Gasteiger partial charge in [0.2, 0.25) is 5.91 Å². The van der Waals surface area contributed by atoms with E-state index in [2.05, 4.69) is 0 Å². The molecular formula is C16H20FNO4. The van der Waals surface area contributed by atoms with Crippen LogP contribution in [0.4, 0.5) is 4.39 Å². The predicted octanol–water partition coefficient (Wildman–Crippen LogP) is 2.37. The van der Waals surface area contributed by atoms with E-state index in [1.807, 2.05) is 0 Å². The van der Waals surface area contributed by atoms with Crippen molar-refractivity contribution in [3.05, 3.63) is 35.6 Å². The lowest BCUT2D eigenvalue weighted by Crippen LogP contribution is -2.42. The minimum Gasteiger partial charge on any atom is -0.481 e. The van der Waals surface area contributed by atoms with Gasteiger partial charge in [0.05, 0.1) is 13.2 Å². The van der Waals surface area contributed by atoms with Gasteiger partial charge >= 0.3 is 5.97 Å². The first-order chi connectivity index (χ1) is 10.6. The fourth-order valence-corrected chi connectivity index (χ4v) is 2.51. The monoisotopic (exact) mass is 309 g/mol. The van der Waals surface area contributed by atoms with Gasteiger partial charge in [0.25, 0.3) is 0 Å². The molecule has 0 bridgehead atoms. The molecule has 1 unspecified atom stereocenters. The number of aliphatic carboxylic acids is 1. The van der Waals surface area contributed by atoms with E-state index >= 15 is 0 Å². The van der Waals surface area contributed by atoms with E-state index in [0.29, 0.717) is 44.5 Å². The van der Waals surface area contributed by atoms with Crippen molar-refractivity contribution in [3.8, 4) is 0 Å². The quantitative estimate of drug-likeness (QED) is 0.819. The fraction of sp³-hybridized carbons (Fsp3) is 0.500. The van der Waals surface area contributed by atoms with Crippen molar-refractivity contribution >= 4 is 11.9 Å². The number of carbonyl (C=O) groups excluding carboxylic acids is 1. The minimum absolute atomic E-state index is 0.0324. The van der Waals surface area contributed by atoms with Crippen molar-refractivity contribution in [1.29, 1.82) is 0 Å². The first-order valence-corrected chi connectivity index (χ1v) is 7.43. The zero-order valence-corrected chi connectivity index (χ0v) is 12.3. The Morgan fingerprint density at radius 3 is 2.73 bits per heavy atom. The van der Waals surface area contributed by atoms with Crippen LogP contribution >= 0.6 is 0 Å². The number of carboxylic acids is 1. The summed E-state index contributed by atoms with van der Waals surface area (Å²) in [5.74, 6) is -1.21. The highest BCUT2D eigenvalue weighted by atomic mass is 19.1. The predicted molar refractivity (Wildman–Crippen MR) is 77.8 cm³/mol. The van der Waals surface area contributed by atoms with Crippen LogP contribution in [0.1, 0.15) is 37.4 Å². The summed E-state index contributed by atoms with van der Waals surface area (Å²) in [5, 5.41) is 8.57. The van der Waals surface area contributed by atoms with Gasteiger partial charge in [-0.3, -0.25) is 9.59 Å². The van der Waals surface area contributed by atoms with Crippen LogP contribution in [0.3, 0.4) is 0 Å². The Labute approximate surface area is 128 Å². The van der Waals surface area contributed by atoms with Crippen LogP contribution in [-0.2, 0) is 14.3 Å². The number of ether oxygens (including phenoxy) is 1. The summed E-state index contributed by atoms with van der Waals surface area (Å²) in [5.41, 5.74) is 0.464. The molecule has 1 aromatic carbocycles. The molecule has 0 aromatic heterocycles. The van der Waals surface area contributed by atoms with Gasteiger partial charge in [-0.25, -0.2) is 4.39 Å². The number of morpholine rings is 1. The molecule has 1 saturated heterocycles. The molecule has 6 heteroatoms. The number of nitrogens with zero attached hydrogens (tertiary/aromatic N) is 1. The smallest absolute Gasteiger partial charge is 0.303 e. The van der Waals surface area contributed by atoms with E-state index in [0.717, 1.165) is 0 Å². The average Bonchev–Trinajstić information content (AvgIpc) is 2.52. The van der Waals surface area contributed by atoms with E-state index < -0.39 is 12.1 Å². The maximum absolute atomic E-state index is 13.8. The highest BCUT2D eigenvalue weighted by Gasteiger charge is 2.26. The van der Waals surface area contributed by atoms with Crippen LogP contribution < -0.4 is 0 Å². The molecule has 1 aliphatic rings. The first kappa shape index (κ1) is 16.4. The van der Waals surface area contributed by atoms with Crippen molar-refractivity contribution in [2.24, 2.45) is 0 Å². The van der Waals surface area contributed by atoms with E-state index in [-0.39, 0.29) is 18.1 Å². The molecule has 0 aliphatic carbocycles. The summed E-state index contributed by atoms with van der Waals surface area (Å²) < 4.78 is 19.4. The lowest BCUT2D eigenvalue weighted by Gasteiger charge is -2.33. The molecule has 1 amide bonds. The number of rotatable bonds is 6. The third kappa shape index (κ3) is 4.53. The number of hydrogen-bond donors (Lipinski definition) is 1. The minimum atomic E-state index is -0.849. The van der Waals surface area contributed by atoms with Gasteiger partial charge in [-0.15, -0.1) is 0 Å². The fourth-order valence-electron chi connectivity index (χ4n) is 2.51. The zero-order valence-electron chi connectivity index (χ0n) is 12.3. The summed E-state index contributed by atoms with van der Waals surface area (Å²) in [6, 6.07) is 6.41. The van der Waals surface area contributed by atoms with Crippen molar-refractivity contribution in [2.45, 2.75) is 31.8 Å². The average molecular weight is 309 g/mol. The van der Waals surface area contributed by atoms with Gasteiger partial charge in [-0.2, -0.15) is 0 Å². The second-order valence-electron chi connectivity index (χ2n) is 5.32. The van der Waals surface area contributed by atoms with Gasteiger partial charge in [0.15, 0.2) is 0 Å². The summed E-state index contributed by atoms with van der Waals surface area (Å²) in [7, 11) is 0. The van der Waals surface area contributed by atoms with Gasteiger partial charge in [-0.1, -0.05) is 18.2 Å². The van der Waals surface area contributed by atoms with Crippen LogP contribution in [0.25, 0.3) is 0 Å². The number of unbranched alkanes of at least 4 members (excludes halogenated alkanes) is 1. The van der Waals surface area contributed by atoms with Gasteiger partial charge < -0.3 is 14.7 Å². The summed E-state index contributed by atoms with van der Waals surface area (Å²) >= 11 is 0. The van der Waals surface area contributed by atoms with E-state index in [1.54, 1.807) is 23.1 Å². The summed E-state index contributed by atoms with van der Waals surface area (Å²) in [4.78, 5) is 24.2. The molecule has 120 valence electrons. The SMILES string of the molecule is O=C(O)CCCCC(=O)N1CCOC(c2ccccc2F)C1. The summed E-state index contributed by atoms with van der Waals surface area (Å²) in [6.45, 7) is 1.20. The zero-order chi connectivity index (χ0) is 15.9. The molecule has 2 rings (SSSR count). The van der Waals surface area contributed by atoms with Crippen LogP contribution in [0.5, 0.6) is 0 Å². The maximum atomic E-state index is 13.8. The van der Waals surface area contributed by atoms with Crippen LogP contribution in [0.2, 0.25) is 0 Å². The number of halogens is 1. The molecule has 1 N–H and O–H groups in total. The second-order valence-corrected chi connectivity index (χ2v) is 5.32. The highest BCUT2D eigenvalue weighted by molar-refractivity contribution is 5.76. The Kier molecular flexibility index (Phi) is 5.89. The van der Waals surface area contributed by atoms with Crippen LogP contribution in [0, 0.1) is 5.82 Å². The van der Waals surface area contributed by atoms with Gasteiger partial charge in [0.1, 0.15) is 11.9 Å². The van der Waals surface area contributed by atoms with Crippen molar-refractivity contribution in [1.82, 2.24) is 4.90 Å². The number of hydrogen-bond acceptors (Lipinski definition) is 3. The molecule has 1 fully saturated rings. The number of benzene rings is 1. The third-order valence-electron chi connectivity index (χ3n) is 3.70. The maximum Gasteiger partial charge on any atom is 0.303 e. The van der Waals surface area contributed by atoms with E-state index in [1.165, 1.54) is 6.07 Å².